The molecular weight excluding hydrogens is 677 g/mol. The fourth-order valence-electron chi connectivity index (χ4n) is 5.50. The Morgan fingerprint density at radius 2 is 1.50 bits per heavy atom. The van der Waals surface area contributed by atoms with E-state index < -0.39 is 23.7 Å². The third kappa shape index (κ3) is 12.7. The maximum atomic E-state index is 13.4. The van der Waals surface area contributed by atoms with Gasteiger partial charge in [0.2, 0.25) is 11.8 Å². The second-order valence-corrected chi connectivity index (χ2v) is 15.0. The van der Waals surface area contributed by atoms with Crippen molar-refractivity contribution in [3.8, 4) is 28.3 Å². The number of carboxylic acid groups (broad SMARTS) is 1. The van der Waals surface area contributed by atoms with Crippen LogP contribution in [0.1, 0.15) is 92.8 Å². The Balaban J connectivity index is 1.39. The van der Waals surface area contributed by atoms with Gasteiger partial charge in [0.15, 0.2) is 11.6 Å². The van der Waals surface area contributed by atoms with E-state index >= 15 is 0 Å². The van der Waals surface area contributed by atoms with Gasteiger partial charge in [0.1, 0.15) is 5.75 Å². The van der Waals surface area contributed by atoms with Crippen molar-refractivity contribution in [3.05, 3.63) is 88.4 Å². The fourth-order valence-corrected chi connectivity index (χ4v) is 6.51. The summed E-state index contributed by atoms with van der Waals surface area (Å²) in [5, 5.41) is 13.9. The minimum absolute atomic E-state index is 0.0327. The van der Waals surface area contributed by atoms with Crippen molar-refractivity contribution >= 4 is 34.9 Å². The monoisotopic (exact) mass is 726 g/mol. The van der Waals surface area contributed by atoms with Gasteiger partial charge in [0.25, 0.3) is 0 Å². The molecule has 0 radical (unpaired) electrons. The molecule has 0 aliphatic carbocycles. The average Bonchev–Trinajstić information content (AvgIpc) is 3.64. The van der Waals surface area contributed by atoms with Gasteiger partial charge in [-0.2, -0.15) is 0 Å². The number of thiophene rings is 1. The Hall–Kier alpha value is -4.90. The molecule has 11 heteroatoms. The lowest BCUT2D eigenvalue weighted by Gasteiger charge is -2.17. The second kappa shape index (κ2) is 19.6. The van der Waals surface area contributed by atoms with E-state index in [0.29, 0.717) is 10.7 Å². The topological polar surface area (TPSA) is 148 Å². The minimum atomic E-state index is -1.03. The van der Waals surface area contributed by atoms with E-state index in [1.807, 2.05) is 54.6 Å². The highest BCUT2D eigenvalue weighted by atomic mass is 32.1. The van der Waals surface area contributed by atoms with Crippen LogP contribution in [0.25, 0.3) is 22.5 Å². The van der Waals surface area contributed by atoms with Gasteiger partial charge in [0.05, 0.1) is 24.4 Å². The van der Waals surface area contributed by atoms with E-state index in [-0.39, 0.29) is 43.6 Å². The van der Waals surface area contributed by atoms with Crippen molar-refractivity contribution in [1.29, 1.82) is 0 Å². The number of nitrogens with zero attached hydrogens (tertiary/aromatic N) is 2. The van der Waals surface area contributed by atoms with Crippen LogP contribution in [-0.2, 0) is 26.2 Å². The molecule has 1 atom stereocenters. The van der Waals surface area contributed by atoms with Gasteiger partial charge in [-0.15, -0.1) is 11.3 Å². The molecule has 276 valence electrons. The number of benzene rings is 2. The number of rotatable bonds is 20. The molecule has 0 unspecified atom stereocenters. The quantitative estimate of drug-likeness (QED) is 0.0622. The van der Waals surface area contributed by atoms with Crippen molar-refractivity contribution in [2.24, 2.45) is 5.92 Å². The van der Waals surface area contributed by atoms with Crippen molar-refractivity contribution in [2.45, 2.75) is 84.5 Å². The number of carboxylic acids is 1. The number of ketones is 1. The zero-order valence-corrected chi connectivity index (χ0v) is 31.4. The van der Waals surface area contributed by atoms with Gasteiger partial charge in [-0.25, -0.2) is 9.97 Å². The van der Waals surface area contributed by atoms with Crippen molar-refractivity contribution in [3.63, 3.8) is 0 Å². The first-order valence-corrected chi connectivity index (χ1v) is 18.8. The summed E-state index contributed by atoms with van der Waals surface area (Å²) < 4.78 is 5.89. The number of aliphatic carboxylic acids is 1. The number of nitrogens with one attached hydrogen (secondary N) is 2. The van der Waals surface area contributed by atoms with Gasteiger partial charge < -0.3 is 20.5 Å². The van der Waals surface area contributed by atoms with Crippen LogP contribution in [0.15, 0.2) is 73.1 Å². The number of aromatic nitrogens is 2. The second-order valence-electron chi connectivity index (χ2n) is 13.9. The van der Waals surface area contributed by atoms with E-state index in [2.05, 4.69) is 48.3 Å². The summed E-state index contributed by atoms with van der Waals surface area (Å²) in [6, 6.07) is 19.3. The molecule has 0 saturated carbocycles. The van der Waals surface area contributed by atoms with Crippen molar-refractivity contribution in [1.82, 2.24) is 20.6 Å². The molecular formula is C41H50N4O6S. The first-order chi connectivity index (χ1) is 24.9. The Labute approximate surface area is 310 Å². The number of carbonyl (C=O) groups excluding carboxylic acids is 3. The number of ether oxygens (including phenoxy) is 1. The average molecular weight is 727 g/mol. The number of carbonyl (C=O) groups is 4. The van der Waals surface area contributed by atoms with Crippen LogP contribution in [0, 0.1) is 5.92 Å². The molecule has 2 heterocycles. The maximum Gasteiger partial charge on any atom is 0.305 e. The predicted molar refractivity (Wildman–Crippen MR) is 205 cm³/mol. The highest BCUT2D eigenvalue weighted by Crippen LogP contribution is 2.31. The summed E-state index contributed by atoms with van der Waals surface area (Å²) >= 11 is 1.43. The van der Waals surface area contributed by atoms with E-state index in [4.69, 9.17) is 9.84 Å². The molecule has 10 nitrogen and oxygen atoms in total. The van der Waals surface area contributed by atoms with Gasteiger partial charge in [0, 0.05) is 47.3 Å². The largest absolute Gasteiger partial charge is 0.494 e. The summed E-state index contributed by atoms with van der Waals surface area (Å²) in [6.45, 7) is 8.82. The van der Waals surface area contributed by atoms with Crippen LogP contribution in [0.5, 0.6) is 5.75 Å². The molecule has 0 aliphatic heterocycles. The zero-order valence-electron chi connectivity index (χ0n) is 30.6. The van der Waals surface area contributed by atoms with E-state index in [1.165, 1.54) is 37.0 Å². The molecule has 4 aromatic rings. The van der Waals surface area contributed by atoms with Gasteiger partial charge in [-0.3, -0.25) is 19.2 Å². The lowest BCUT2D eigenvalue weighted by atomic mass is 9.92. The number of unbranched alkanes of at least 4 members (excludes halogenated alkanes) is 4. The molecule has 2 aromatic heterocycles. The van der Waals surface area contributed by atoms with Crippen LogP contribution in [0.3, 0.4) is 0 Å². The normalized spacial score (nSPS) is 11.8. The lowest BCUT2D eigenvalue weighted by Crippen LogP contribution is -2.41. The molecule has 2 aromatic carbocycles. The molecule has 0 aliphatic rings. The molecule has 4 rings (SSSR count). The Morgan fingerprint density at radius 1 is 0.827 bits per heavy atom. The Kier molecular flexibility index (Phi) is 15.1. The first kappa shape index (κ1) is 39.9. The number of amides is 2. The molecule has 0 saturated heterocycles. The molecule has 3 N–H and O–H groups in total. The number of Topliss-reactive ketones (excluding diaryl/α,β-unsaturated/α-hetero) is 1. The summed E-state index contributed by atoms with van der Waals surface area (Å²) in [7, 11) is 0. The number of hydrogen-bond acceptors (Lipinski definition) is 8. The van der Waals surface area contributed by atoms with E-state index in [1.54, 1.807) is 18.5 Å². The highest BCUT2D eigenvalue weighted by Gasteiger charge is 2.26. The van der Waals surface area contributed by atoms with Crippen molar-refractivity contribution in [2.75, 3.05) is 19.7 Å². The van der Waals surface area contributed by atoms with Gasteiger partial charge >= 0.3 is 5.97 Å². The van der Waals surface area contributed by atoms with Crippen LogP contribution < -0.4 is 15.4 Å². The van der Waals surface area contributed by atoms with Crippen LogP contribution in [-0.4, -0.2) is 58.3 Å². The molecule has 0 bridgehead atoms. The summed E-state index contributed by atoms with van der Waals surface area (Å²) in [5.74, 6) is -1.43. The molecule has 52 heavy (non-hydrogen) atoms. The van der Waals surface area contributed by atoms with Gasteiger partial charge in [-0.1, -0.05) is 89.8 Å². The molecule has 0 spiro atoms. The Morgan fingerprint density at radius 3 is 2.13 bits per heavy atom. The fraction of sp³-hybridized carbons (Fsp3) is 0.415. The standard InChI is InChI=1S/C41H50N4O6S/c1-5-6-7-8-9-22-51-33-16-14-29(15-17-33)32-25-43-39(44-26-32)30-12-10-28(11-13-30)23-31(40(50)45-27-37(47)42-21-20-38(48)49)24-34(46)35-18-19-36(52-35)41(2,3)4/h10-19,25-26,31H,5-9,20-24,27H2,1-4H3,(H,42,47)(H,45,50)(H,48,49)/t31-/m1/s1. The van der Waals surface area contributed by atoms with Crippen LogP contribution in [0.2, 0.25) is 0 Å². The Bertz CT molecular complexity index is 1760. The summed E-state index contributed by atoms with van der Waals surface area (Å²) in [5.41, 5.74) is 3.42. The highest BCUT2D eigenvalue weighted by molar-refractivity contribution is 7.14. The van der Waals surface area contributed by atoms with Crippen LogP contribution in [0.4, 0.5) is 0 Å². The minimum Gasteiger partial charge on any atom is -0.494 e. The van der Waals surface area contributed by atoms with Crippen LogP contribution >= 0.6 is 11.3 Å². The third-order valence-electron chi connectivity index (χ3n) is 8.56. The zero-order chi connectivity index (χ0) is 37.5. The number of hydrogen-bond donors (Lipinski definition) is 3. The smallest absolute Gasteiger partial charge is 0.305 e. The lowest BCUT2D eigenvalue weighted by molar-refractivity contribution is -0.137. The van der Waals surface area contributed by atoms with Crippen molar-refractivity contribution < 1.29 is 29.0 Å². The molecule has 2 amide bonds. The predicted octanol–water partition coefficient (Wildman–Crippen LogP) is 7.66. The SMILES string of the molecule is CCCCCCCOc1ccc(-c2cnc(-c3ccc(C[C@H](CC(=O)c4ccc(C(C)(C)C)s4)C(=O)NCC(=O)NCCC(=O)O)cc3)nc2)cc1. The molecule has 0 fully saturated rings. The summed E-state index contributed by atoms with van der Waals surface area (Å²) in [6.07, 6.45) is 9.59. The third-order valence-corrected chi connectivity index (χ3v) is 10.1. The van der Waals surface area contributed by atoms with E-state index in [9.17, 15) is 19.2 Å². The van der Waals surface area contributed by atoms with E-state index in [0.717, 1.165) is 45.9 Å². The summed E-state index contributed by atoms with van der Waals surface area (Å²) in [4.78, 5) is 60.5. The first-order valence-electron chi connectivity index (χ1n) is 18.0. The maximum absolute atomic E-state index is 13.4. The van der Waals surface area contributed by atoms with Gasteiger partial charge in [-0.05, 0) is 53.6 Å².